The maximum absolute atomic E-state index is 10.8. The van der Waals surface area contributed by atoms with Crippen LogP contribution in [0.15, 0.2) is 47.5 Å². The number of benzene rings is 2. The molecular formula is C22H28N4O4. The van der Waals surface area contributed by atoms with E-state index >= 15 is 0 Å². The van der Waals surface area contributed by atoms with Gasteiger partial charge >= 0.3 is 0 Å². The lowest BCUT2D eigenvalue weighted by molar-refractivity contribution is -0.384. The molecule has 1 fully saturated rings. The van der Waals surface area contributed by atoms with Gasteiger partial charge in [0, 0.05) is 24.7 Å². The summed E-state index contributed by atoms with van der Waals surface area (Å²) in [4.78, 5) is 15.2. The number of nitrogens with one attached hydrogen (secondary N) is 2. The molecule has 30 heavy (non-hydrogen) atoms. The minimum Gasteiger partial charge on any atom is -0.493 e. The molecule has 2 aromatic rings. The SMILES string of the molecule is COc1ccc(CN=C(NCc2ccc([N+](=O)[O-])cc2)NC2CCCC2)cc1OC. The molecule has 3 rings (SSSR count). The molecule has 160 valence electrons. The lowest BCUT2D eigenvalue weighted by Crippen LogP contribution is -2.42. The summed E-state index contributed by atoms with van der Waals surface area (Å²) in [7, 11) is 3.23. The first-order chi connectivity index (χ1) is 14.6. The molecule has 0 heterocycles. The number of methoxy groups -OCH3 is 2. The third kappa shape index (κ3) is 5.85. The van der Waals surface area contributed by atoms with Gasteiger partial charge in [-0.1, -0.05) is 31.0 Å². The maximum Gasteiger partial charge on any atom is 0.269 e. The number of rotatable bonds is 8. The van der Waals surface area contributed by atoms with Crippen molar-refractivity contribution in [3.63, 3.8) is 0 Å². The van der Waals surface area contributed by atoms with Crippen LogP contribution in [0, 0.1) is 10.1 Å². The fourth-order valence-corrected chi connectivity index (χ4v) is 3.49. The van der Waals surface area contributed by atoms with Gasteiger partial charge in [-0.2, -0.15) is 0 Å². The van der Waals surface area contributed by atoms with E-state index in [0.29, 0.717) is 30.6 Å². The molecule has 2 N–H and O–H groups in total. The van der Waals surface area contributed by atoms with Crippen LogP contribution < -0.4 is 20.1 Å². The van der Waals surface area contributed by atoms with Crippen LogP contribution in [-0.4, -0.2) is 31.1 Å². The second-order valence-corrected chi connectivity index (χ2v) is 7.26. The van der Waals surface area contributed by atoms with Crippen molar-refractivity contribution in [1.29, 1.82) is 0 Å². The second kappa shape index (κ2) is 10.5. The largest absolute Gasteiger partial charge is 0.493 e. The van der Waals surface area contributed by atoms with Crippen molar-refractivity contribution in [3.8, 4) is 11.5 Å². The standard InChI is InChI=1S/C22H28N4O4/c1-29-20-12-9-17(13-21(20)30-2)15-24-22(25-18-5-3-4-6-18)23-14-16-7-10-19(11-8-16)26(27)28/h7-13,18H,3-6,14-15H2,1-2H3,(H2,23,24,25). The lowest BCUT2D eigenvalue weighted by Gasteiger charge is -2.18. The predicted octanol–water partition coefficient (Wildman–Crippen LogP) is 3.79. The van der Waals surface area contributed by atoms with E-state index in [1.807, 2.05) is 18.2 Å². The normalized spacial score (nSPS) is 14.4. The number of nitro groups is 1. The smallest absolute Gasteiger partial charge is 0.269 e. The highest BCUT2D eigenvalue weighted by molar-refractivity contribution is 5.80. The Morgan fingerprint density at radius 3 is 2.37 bits per heavy atom. The summed E-state index contributed by atoms with van der Waals surface area (Å²) < 4.78 is 10.7. The van der Waals surface area contributed by atoms with Gasteiger partial charge in [0.15, 0.2) is 17.5 Å². The number of nitrogens with zero attached hydrogens (tertiary/aromatic N) is 2. The first-order valence-electron chi connectivity index (χ1n) is 10.1. The van der Waals surface area contributed by atoms with Crippen LogP contribution in [0.2, 0.25) is 0 Å². The van der Waals surface area contributed by atoms with Crippen molar-refractivity contribution in [1.82, 2.24) is 10.6 Å². The van der Waals surface area contributed by atoms with Crippen LogP contribution >= 0.6 is 0 Å². The minimum atomic E-state index is -0.394. The molecular weight excluding hydrogens is 384 g/mol. The third-order valence-corrected chi connectivity index (χ3v) is 5.17. The molecule has 0 aliphatic heterocycles. The molecule has 1 aliphatic rings. The van der Waals surface area contributed by atoms with E-state index in [1.165, 1.54) is 25.0 Å². The highest BCUT2D eigenvalue weighted by Gasteiger charge is 2.16. The predicted molar refractivity (Wildman–Crippen MR) is 116 cm³/mol. The molecule has 1 aliphatic carbocycles. The Bertz CT molecular complexity index is 877. The summed E-state index contributed by atoms with van der Waals surface area (Å²) >= 11 is 0. The van der Waals surface area contributed by atoms with Gasteiger partial charge in [0.05, 0.1) is 25.7 Å². The lowest BCUT2D eigenvalue weighted by atomic mass is 10.2. The fraction of sp³-hybridized carbons (Fsp3) is 0.409. The number of non-ortho nitro benzene ring substituents is 1. The van der Waals surface area contributed by atoms with Gasteiger partial charge in [0.25, 0.3) is 5.69 Å². The zero-order valence-corrected chi connectivity index (χ0v) is 17.4. The Labute approximate surface area is 176 Å². The van der Waals surface area contributed by atoms with E-state index < -0.39 is 4.92 Å². The van der Waals surface area contributed by atoms with Gasteiger partial charge in [-0.25, -0.2) is 4.99 Å². The van der Waals surface area contributed by atoms with E-state index in [1.54, 1.807) is 26.4 Å². The Kier molecular flexibility index (Phi) is 7.48. The molecule has 0 radical (unpaired) electrons. The zero-order chi connectivity index (χ0) is 21.3. The average molecular weight is 412 g/mol. The Balaban J connectivity index is 1.68. The average Bonchev–Trinajstić information content (AvgIpc) is 3.28. The summed E-state index contributed by atoms with van der Waals surface area (Å²) in [5.41, 5.74) is 2.05. The number of ether oxygens (including phenoxy) is 2. The van der Waals surface area contributed by atoms with Gasteiger partial charge in [0.1, 0.15) is 0 Å². The van der Waals surface area contributed by atoms with Crippen LogP contribution in [0.25, 0.3) is 0 Å². The van der Waals surface area contributed by atoms with Crippen molar-refractivity contribution >= 4 is 11.6 Å². The molecule has 2 aromatic carbocycles. The zero-order valence-electron chi connectivity index (χ0n) is 17.4. The summed E-state index contributed by atoms with van der Waals surface area (Å²) in [6, 6.07) is 12.7. The number of hydrogen-bond donors (Lipinski definition) is 2. The Morgan fingerprint density at radius 2 is 1.73 bits per heavy atom. The monoisotopic (exact) mass is 412 g/mol. The number of guanidine groups is 1. The highest BCUT2D eigenvalue weighted by atomic mass is 16.6. The number of hydrogen-bond acceptors (Lipinski definition) is 5. The number of aliphatic imine (C=N–C) groups is 1. The topological polar surface area (TPSA) is 98.0 Å². The molecule has 0 atom stereocenters. The quantitative estimate of drug-likeness (QED) is 0.296. The molecule has 8 nitrogen and oxygen atoms in total. The first-order valence-corrected chi connectivity index (χ1v) is 10.1. The van der Waals surface area contributed by atoms with Gasteiger partial charge in [-0.05, 0) is 36.1 Å². The molecule has 1 saturated carbocycles. The Morgan fingerprint density at radius 1 is 1.07 bits per heavy atom. The summed E-state index contributed by atoms with van der Waals surface area (Å²) in [6.45, 7) is 1.02. The van der Waals surface area contributed by atoms with Gasteiger partial charge in [0.2, 0.25) is 0 Å². The number of nitro benzene ring substituents is 1. The maximum atomic E-state index is 10.8. The van der Waals surface area contributed by atoms with E-state index in [2.05, 4.69) is 10.6 Å². The van der Waals surface area contributed by atoms with Crippen LogP contribution in [0.4, 0.5) is 5.69 Å². The third-order valence-electron chi connectivity index (χ3n) is 5.17. The molecule has 8 heteroatoms. The molecule has 0 spiro atoms. The van der Waals surface area contributed by atoms with Crippen LogP contribution in [0.1, 0.15) is 36.8 Å². The summed E-state index contributed by atoms with van der Waals surface area (Å²) in [5.74, 6) is 2.09. The van der Waals surface area contributed by atoms with Gasteiger partial charge in [-0.15, -0.1) is 0 Å². The fourth-order valence-electron chi connectivity index (χ4n) is 3.49. The van der Waals surface area contributed by atoms with Crippen LogP contribution in [0.5, 0.6) is 11.5 Å². The summed E-state index contributed by atoms with van der Waals surface area (Å²) in [6.07, 6.45) is 4.72. The van der Waals surface area contributed by atoms with Gasteiger partial charge < -0.3 is 20.1 Å². The molecule has 0 aromatic heterocycles. The van der Waals surface area contributed by atoms with Crippen molar-refractivity contribution in [2.45, 2.75) is 44.8 Å². The summed E-state index contributed by atoms with van der Waals surface area (Å²) in [5, 5.41) is 17.7. The molecule has 0 saturated heterocycles. The van der Waals surface area contributed by atoms with Crippen molar-refractivity contribution < 1.29 is 14.4 Å². The van der Waals surface area contributed by atoms with E-state index in [0.717, 1.165) is 29.9 Å². The second-order valence-electron chi connectivity index (χ2n) is 7.26. The van der Waals surface area contributed by atoms with E-state index in [9.17, 15) is 10.1 Å². The van der Waals surface area contributed by atoms with Gasteiger partial charge in [-0.3, -0.25) is 10.1 Å². The van der Waals surface area contributed by atoms with E-state index in [-0.39, 0.29) is 5.69 Å². The van der Waals surface area contributed by atoms with Crippen molar-refractivity contribution in [2.24, 2.45) is 4.99 Å². The van der Waals surface area contributed by atoms with Crippen molar-refractivity contribution in [3.05, 3.63) is 63.7 Å². The minimum absolute atomic E-state index is 0.0881. The van der Waals surface area contributed by atoms with Crippen LogP contribution in [-0.2, 0) is 13.1 Å². The van der Waals surface area contributed by atoms with Crippen molar-refractivity contribution in [2.75, 3.05) is 14.2 Å². The first kappa shape index (κ1) is 21.4. The molecule has 0 unspecified atom stereocenters. The van der Waals surface area contributed by atoms with Crippen LogP contribution in [0.3, 0.4) is 0 Å². The van der Waals surface area contributed by atoms with E-state index in [4.69, 9.17) is 14.5 Å². The Hall–Kier alpha value is -3.29. The molecule has 0 bridgehead atoms. The molecule has 0 amide bonds. The highest BCUT2D eigenvalue weighted by Crippen LogP contribution is 2.27.